The molecule has 1 aromatic heterocycles. The van der Waals surface area contributed by atoms with E-state index in [1.165, 1.54) is 0 Å². The molecule has 0 saturated heterocycles. The number of aromatic nitrogens is 2. The molecule has 7 heteroatoms. The van der Waals surface area contributed by atoms with Gasteiger partial charge in [-0.15, -0.1) is 0 Å². The van der Waals surface area contributed by atoms with E-state index in [2.05, 4.69) is 31.4 Å². The van der Waals surface area contributed by atoms with Gasteiger partial charge in [0.2, 0.25) is 0 Å². The number of nitrogens with zero attached hydrogens (tertiary/aromatic N) is 2. The van der Waals surface area contributed by atoms with Gasteiger partial charge in [0.05, 0.1) is 16.8 Å². The summed E-state index contributed by atoms with van der Waals surface area (Å²) in [6.07, 6.45) is 3.10. The normalized spacial score (nSPS) is 17.1. The second-order valence-corrected chi connectivity index (χ2v) is 6.01. The highest BCUT2D eigenvalue weighted by Crippen LogP contribution is 2.43. The van der Waals surface area contributed by atoms with Crippen molar-refractivity contribution in [3.63, 3.8) is 0 Å². The minimum absolute atomic E-state index is 0.197. The molecule has 1 aliphatic rings. The molecule has 2 N–H and O–H groups in total. The molecule has 0 saturated carbocycles. The van der Waals surface area contributed by atoms with Crippen LogP contribution < -0.4 is 5.32 Å². The van der Waals surface area contributed by atoms with Crippen LogP contribution in [0.3, 0.4) is 0 Å². The number of hydrogen-bond donors (Lipinski definition) is 2. The van der Waals surface area contributed by atoms with Gasteiger partial charge >= 0.3 is 0 Å². The van der Waals surface area contributed by atoms with Crippen molar-refractivity contribution >= 4 is 21.7 Å². The van der Waals surface area contributed by atoms with Gasteiger partial charge in [0, 0.05) is 10.0 Å². The van der Waals surface area contributed by atoms with Crippen LogP contribution in [0, 0.1) is 10.1 Å². The molecular formula is C15H15BrN4O2. The number of rotatable bonds is 4. The summed E-state index contributed by atoms with van der Waals surface area (Å²) in [4.78, 5) is 11.4. The Balaban J connectivity index is 2.23. The van der Waals surface area contributed by atoms with Gasteiger partial charge < -0.3 is 5.32 Å². The van der Waals surface area contributed by atoms with E-state index >= 15 is 0 Å². The third-order valence-corrected chi connectivity index (χ3v) is 4.47. The van der Waals surface area contributed by atoms with Gasteiger partial charge in [-0.1, -0.05) is 47.5 Å². The molecule has 0 amide bonds. The molecule has 3 rings (SSSR count). The molecule has 114 valence electrons. The van der Waals surface area contributed by atoms with Crippen molar-refractivity contribution in [3.8, 4) is 0 Å². The van der Waals surface area contributed by atoms with Crippen LogP contribution in [0.15, 0.2) is 46.3 Å². The number of H-pyrrole nitrogens is 1. The summed E-state index contributed by atoms with van der Waals surface area (Å²) in [6, 6.07) is 7.59. The Hall–Kier alpha value is -2.15. The highest BCUT2D eigenvalue weighted by atomic mass is 79.9. The van der Waals surface area contributed by atoms with Gasteiger partial charge in [0.25, 0.3) is 5.70 Å². The number of benzene rings is 1. The van der Waals surface area contributed by atoms with Crippen molar-refractivity contribution in [2.24, 2.45) is 0 Å². The van der Waals surface area contributed by atoms with Crippen LogP contribution in [-0.2, 0) is 0 Å². The molecule has 6 nitrogen and oxygen atoms in total. The summed E-state index contributed by atoms with van der Waals surface area (Å²) in [5.74, 6) is 0.289. The van der Waals surface area contributed by atoms with Crippen molar-refractivity contribution in [3.05, 3.63) is 67.6 Å². The maximum absolute atomic E-state index is 11.7. The Morgan fingerprint density at radius 3 is 2.82 bits per heavy atom. The fourth-order valence-corrected chi connectivity index (χ4v) is 3.34. The second kappa shape index (κ2) is 5.92. The van der Waals surface area contributed by atoms with Crippen LogP contribution in [0.25, 0.3) is 0 Å². The third-order valence-electron chi connectivity index (χ3n) is 3.75. The maximum Gasteiger partial charge on any atom is 0.277 e. The second-order valence-electron chi connectivity index (χ2n) is 5.15. The molecule has 0 spiro atoms. The lowest BCUT2D eigenvalue weighted by Gasteiger charge is -2.24. The molecule has 2 heterocycles. The maximum atomic E-state index is 11.7. The predicted octanol–water partition coefficient (Wildman–Crippen LogP) is 4.02. The molecule has 0 aliphatic carbocycles. The van der Waals surface area contributed by atoms with Crippen molar-refractivity contribution in [2.45, 2.75) is 25.7 Å². The van der Waals surface area contributed by atoms with E-state index in [1.54, 1.807) is 6.20 Å². The Kier molecular flexibility index (Phi) is 3.98. The fourth-order valence-electron chi connectivity index (χ4n) is 2.83. The summed E-state index contributed by atoms with van der Waals surface area (Å²) in [7, 11) is 0. The van der Waals surface area contributed by atoms with Crippen molar-refractivity contribution in [1.82, 2.24) is 10.2 Å². The van der Waals surface area contributed by atoms with E-state index in [1.807, 2.05) is 31.2 Å². The van der Waals surface area contributed by atoms with E-state index in [0.717, 1.165) is 27.8 Å². The van der Waals surface area contributed by atoms with E-state index in [9.17, 15) is 10.1 Å². The Bertz CT molecular complexity index is 754. The lowest BCUT2D eigenvalue weighted by atomic mass is 9.86. The van der Waals surface area contributed by atoms with Crippen LogP contribution in [0.2, 0.25) is 0 Å². The van der Waals surface area contributed by atoms with E-state index in [0.29, 0.717) is 12.1 Å². The minimum atomic E-state index is -0.442. The Labute approximate surface area is 135 Å². The molecule has 1 atom stereocenters. The van der Waals surface area contributed by atoms with Gasteiger partial charge in [-0.05, 0) is 18.1 Å². The van der Waals surface area contributed by atoms with Gasteiger partial charge in [0.1, 0.15) is 11.7 Å². The largest absolute Gasteiger partial charge is 0.338 e. The SMILES string of the molecule is CCCC1=C([N+](=O)[O-])C(c2ccccc2Br)c2cn[nH]c2N1. The van der Waals surface area contributed by atoms with Crippen molar-refractivity contribution in [2.75, 3.05) is 5.32 Å². The first kappa shape index (κ1) is 14.8. The quantitative estimate of drug-likeness (QED) is 0.635. The number of fused-ring (bicyclic) bond motifs is 1. The molecule has 1 aromatic carbocycles. The average molecular weight is 363 g/mol. The zero-order chi connectivity index (χ0) is 15.7. The summed E-state index contributed by atoms with van der Waals surface area (Å²) in [6.45, 7) is 2.00. The molecule has 1 unspecified atom stereocenters. The molecule has 0 fully saturated rings. The predicted molar refractivity (Wildman–Crippen MR) is 87.1 cm³/mol. The fraction of sp³-hybridized carbons (Fsp3) is 0.267. The van der Waals surface area contributed by atoms with Crippen LogP contribution in [0.5, 0.6) is 0 Å². The lowest BCUT2D eigenvalue weighted by Crippen LogP contribution is -2.23. The minimum Gasteiger partial charge on any atom is -0.338 e. The van der Waals surface area contributed by atoms with Crippen molar-refractivity contribution < 1.29 is 4.92 Å². The van der Waals surface area contributed by atoms with Crippen LogP contribution in [-0.4, -0.2) is 15.1 Å². The number of halogens is 1. The van der Waals surface area contributed by atoms with E-state index in [4.69, 9.17) is 0 Å². The summed E-state index contributed by atoms with van der Waals surface area (Å²) in [5, 5.41) is 21.8. The van der Waals surface area contributed by atoms with Gasteiger partial charge in [0.15, 0.2) is 0 Å². The summed E-state index contributed by atoms with van der Waals surface area (Å²) >= 11 is 3.51. The van der Waals surface area contributed by atoms with Crippen LogP contribution in [0.4, 0.5) is 5.82 Å². The first-order valence-electron chi connectivity index (χ1n) is 7.05. The number of nitro groups is 1. The van der Waals surface area contributed by atoms with E-state index in [-0.39, 0.29) is 10.6 Å². The highest BCUT2D eigenvalue weighted by molar-refractivity contribution is 9.10. The standard InChI is InChI=1S/C15H15BrN4O2/c1-2-5-12-14(20(21)22)13(9-6-3-4-7-11(9)16)10-8-17-19-15(10)18-12/h3-4,6-8,13H,2,5H2,1H3,(H2,17,18,19). The van der Waals surface area contributed by atoms with Gasteiger partial charge in [-0.2, -0.15) is 5.10 Å². The highest BCUT2D eigenvalue weighted by Gasteiger charge is 2.39. The number of nitrogens with one attached hydrogen (secondary N) is 2. The number of allylic oxidation sites excluding steroid dienone is 2. The first-order chi connectivity index (χ1) is 10.6. The summed E-state index contributed by atoms with van der Waals surface area (Å²) in [5.41, 5.74) is 2.50. The lowest BCUT2D eigenvalue weighted by molar-refractivity contribution is -0.430. The molecule has 2 aromatic rings. The third kappa shape index (κ3) is 2.41. The number of hydrogen-bond acceptors (Lipinski definition) is 4. The summed E-state index contributed by atoms with van der Waals surface area (Å²) < 4.78 is 0.851. The van der Waals surface area contributed by atoms with Crippen molar-refractivity contribution in [1.29, 1.82) is 0 Å². The van der Waals surface area contributed by atoms with E-state index < -0.39 is 5.92 Å². The molecule has 22 heavy (non-hydrogen) atoms. The molecular weight excluding hydrogens is 348 g/mol. The first-order valence-corrected chi connectivity index (χ1v) is 7.85. The molecule has 1 aliphatic heterocycles. The van der Waals surface area contributed by atoms with Gasteiger partial charge in [-0.3, -0.25) is 15.2 Å². The van der Waals surface area contributed by atoms with Gasteiger partial charge in [-0.25, -0.2) is 0 Å². The van der Waals surface area contributed by atoms with Crippen LogP contribution >= 0.6 is 15.9 Å². The monoisotopic (exact) mass is 362 g/mol. The average Bonchev–Trinajstić information content (AvgIpc) is 2.94. The number of aromatic amines is 1. The smallest absolute Gasteiger partial charge is 0.277 e. The zero-order valence-electron chi connectivity index (χ0n) is 12.0. The van der Waals surface area contributed by atoms with Crippen LogP contribution in [0.1, 0.15) is 36.8 Å². The molecule has 0 bridgehead atoms. The number of anilines is 1. The topological polar surface area (TPSA) is 83.8 Å². The Morgan fingerprint density at radius 1 is 1.36 bits per heavy atom. The zero-order valence-corrected chi connectivity index (χ0v) is 13.6. The molecule has 0 radical (unpaired) electrons. The Morgan fingerprint density at radius 2 is 2.14 bits per heavy atom.